The molecule has 110 valence electrons. The lowest BCUT2D eigenvalue weighted by Gasteiger charge is -2.28. The fraction of sp³-hybridized carbons (Fsp3) is 0.533. The van der Waals surface area contributed by atoms with Crippen LogP contribution in [0.3, 0.4) is 0 Å². The number of rotatable bonds is 5. The van der Waals surface area contributed by atoms with Crippen LogP contribution in [-0.2, 0) is 0 Å². The van der Waals surface area contributed by atoms with E-state index in [1.54, 1.807) is 11.0 Å². The second kappa shape index (κ2) is 6.70. The summed E-state index contributed by atoms with van der Waals surface area (Å²) in [6, 6.07) is 4.36. The Morgan fingerprint density at radius 3 is 2.70 bits per heavy atom. The van der Waals surface area contributed by atoms with E-state index in [0.717, 1.165) is 25.7 Å². The number of carbonyl (C=O) groups excluding carboxylic acids is 1. The van der Waals surface area contributed by atoms with E-state index in [-0.39, 0.29) is 30.9 Å². The number of hydrogen-bond donors (Lipinski definition) is 1. The molecular formula is C15H20FNO3. The van der Waals surface area contributed by atoms with E-state index >= 15 is 0 Å². The molecule has 0 spiro atoms. The first-order valence-corrected chi connectivity index (χ1v) is 6.92. The monoisotopic (exact) mass is 281 g/mol. The predicted octanol–water partition coefficient (Wildman–Crippen LogP) is 2.21. The van der Waals surface area contributed by atoms with Crippen molar-refractivity contribution in [2.45, 2.75) is 31.7 Å². The molecule has 0 saturated heterocycles. The van der Waals surface area contributed by atoms with Crippen molar-refractivity contribution in [2.24, 2.45) is 0 Å². The van der Waals surface area contributed by atoms with Gasteiger partial charge in [0, 0.05) is 18.2 Å². The quantitative estimate of drug-likeness (QED) is 0.900. The predicted molar refractivity (Wildman–Crippen MR) is 73.3 cm³/mol. The number of ether oxygens (including phenoxy) is 1. The number of benzene rings is 1. The smallest absolute Gasteiger partial charge is 0.254 e. The Bertz CT molecular complexity index is 472. The lowest BCUT2D eigenvalue weighted by molar-refractivity contribution is 0.0637. The molecule has 0 unspecified atom stereocenters. The third-order valence-corrected chi connectivity index (χ3v) is 3.77. The average Bonchev–Trinajstić information content (AvgIpc) is 2.97. The molecule has 1 saturated carbocycles. The van der Waals surface area contributed by atoms with Gasteiger partial charge in [0.1, 0.15) is 0 Å². The fourth-order valence-corrected chi connectivity index (χ4v) is 2.74. The summed E-state index contributed by atoms with van der Waals surface area (Å²) in [7, 11) is 1.39. The summed E-state index contributed by atoms with van der Waals surface area (Å²) < 4.78 is 18.5. The van der Waals surface area contributed by atoms with E-state index in [1.165, 1.54) is 19.2 Å². The second-order valence-electron chi connectivity index (χ2n) is 5.01. The highest BCUT2D eigenvalue weighted by Gasteiger charge is 2.27. The van der Waals surface area contributed by atoms with Gasteiger partial charge in [-0.05, 0) is 31.0 Å². The summed E-state index contributed by atoms with van der Waals surface area (Å²) in [6.45, 7) is 0.206. The minimum atomic E-state index is -0.547. The van der Waals surface area contributed by atoms with Gasteiger partial charge in [-0.15, -0.1) is 0 Å². The van der Waals surface area contributed by atoms with Gasteiger partial charge >= 0.3 is 0 Å². The van der Waals surface area contributed by atoms with Crippen molar-refractivity contribution in [2.75, 3.05) is 20.3 Å². The molecule has 1 amide bonds. The normalized spacial score (nSPS) is 15.3. The number of methoxy groups -OCH3 is 1. The summed E-state index contributed by atoms with van der Waals surface area (Å²) in [5.41, 5.74) is 0.295. The van der Waals surface area contributed by atoms with Crippen LogP contribution in [0.25, 0.3) is 0 Å². The minimum Gasteiger partial charge on any atom is -0.494 e. The topological polar surface area (TPSA) is 49.8 Å². The first-order valence-electron chi connectivity index (χ1n) is 6.92. The van der Waals surface area contributed by atoms with Crippen LogP contribution in [0.2, 0.25) is 0 Å². The van der Waals surface area contributed by atoms with Gasteiger partial charge < -0.3 is 14.7 Å². The third-order valence-electron chi connectivity index (χ3n) is 3.77. The number of aliphatic hydroxyl groups excluding tert-OH is 1. The van der Waals surface area contributed by atoms with E-state index in [9.17, 15) is 9.18 Å². The van der Waals surface area contributed by atoms with E-state index in [1.807, 2.05) is 0 Å². The molecule has 2 rings (SSSR count). The Morgan fingerprint density at radius 1 is 1.45 bits per heavy atom. The molecular weight excluding hydrogens is 261 g/mol. The van der Waals surface area contributed by atoms with Gasteiger partial charge in [-0.1, -0.05) is 12.8 Å². The zero-order valence-electron chi connectivity index (χ0n) is 11.6. The van der Waals surface area contributed by atoms with Crippen molar-refractivity contribution in [3.05, 3.63) is 29.6 Å². The molecule has 0 bridgehead atoms. The summed E-state index contributed by atoms with van der Waals surface area (Å²) in [5, 5.41) is 9.14. The van der Waals surface area contributed by atoms with Crippen molar-refractivity contribution >= 4 is 5.91 Å². The van der Waals surface area contributed by atoms with Crippen molar-refractivity contribution in [1.82, 2.24) is 4.90 Å². The highest BCUT2D eigenvalue weighted by molar-refractivity contribution is 5.94. The van der Waals surface area contributed by atoms with Gasteiger partial charge in [0.25, 0.3) is 5.91 Å². The lowest BCUT2D eigenvalue weighted by Crippen LogP contribution is -2.40. The molecule has 1 aliphatic rings. The second-order valence-corrected chi connectivity index (χ2v) is 5.01. The van der Waals surface area contributed by atoms with Crippen LogP contribution in [-0.4, -0.2) is 42.2 Å². The number of halogens is 1. The van der Waals surface area contributed by atoms with Crippen LogP contribution in [0.5, 0.6) is 5.75 Å². The number of aliphatic hydroxyl groups is 1. The standard InChI is InChI=1S/C15H20FNO3/c1-20-14-7-6-11(10-13(14)16)15(19)17(8-9-18)12-4-2-3-5-12/h6-7,10,12,18H,2-5,8-9H2,1H3. The summed E-state index contributed by atoms with van der Waals surface area (Å²) in [5.74, 6) is -0.655. The van der Waals surface area contributed by atoms with Crippen LogP contribution in [0.15, 0.2) is 18.2 Å². The van der Waals surface area contributed by atoms with Crippen molar-refractivity contribution in [1.29, 1.82) is 0 Å². The zero-order chi connectivity index (χ0) is 14.5. The molecule has 0 heterocycles. The Labute approximate surface area is 118 Å². The maximum Gasteiger partial charge on any atom is 0.254 e. The molecule has 5 heteroatoms. The van der Waals surface area contributed by atoms with Crippen LogP contribution in [0.1, 0.15) is 36.0 Å². The molecule has 0 atom stereocenters. The van der Waals surface area contributed by atoms with Crippen LogP contribution < -0.4 is 4.74 Å². The highest BCUT2D eigenvalue weighted by Crippen LogP contribution is 2.26. The van der Waals surface area contributed by atoms with Crippen LogP contribution in [0, 0.1) is 5.82 Å². The van der Waals surface area contributed by atoms with Crippen molar-refractivity contribution in [3.63, 3.8) is 0 Å². The molecule has 20 heavy (non-hydrogen) atoms. The summed E-state index contributed by atoms with van der Waals surface area (Å²) in [4.78, 5) is 14.1. The van der Waals surface area contributed by atoms with Gasteiger partial charge in [-0.2, -0.15) is 0 Å². The molecule has 1 aliphatic carbocycles. The van der Waals surface area contributed by atoms with Gasteiger partial charge in [-0.3, -0.25) is 4.79 Å². The lowest BCUT2D eigenvalue weighted by atomic mass is 10.1. The number of carbonyl (C=O) groups is 1. The Morgan fingerprint density at radius 2 is 2.15 bits per heavy atom. The molecule has 1 aromatic rings. The Balaban J connectivity index is 2.20. The van der Waals surface area contributed by atoms with Crippen LogP contribution >= 0.6 is 0 Å². The van der Waals surface area contributed by atoms with Gasteiger partial charge in [0.05, 0.1) is 13.7 Å². The fourth-order valence-electron chi connectivity index (χ4n) is 2.74. The Kier molecular flexibility index (Phi) is 4.95. The maximum absolute atomic E-state index is 13.7. The molecule has 4 nitrogen and oxygen atoms in total. The van der Waals surface area contributed by atoms with Gasteiger partial charge in [0.2, 0.25) is 0 Å². The first kappa shape index (κ1) is 14.8. The molecule has 1 N–H and O–H groups in total. The van der Waals surface area contributed by atoms with E-state index < -0.39 is 5.82 Å². The molecule has 1 aromatic carbocycles. The molecule has 0 aromatic heterocycles. The number of nitrogens with zero attached hydrogens (tertiary/aromatic N) is 1. The summed E-state index contributed by atoms with van der Waals surface area (Å²) >= 11 is 0. The maximum atomic E-state index is 13.7. The highest BCUT2D eigenvalue weighted by atomic mass is 19.1. The first-order chi connectivity index (χ1) is 9.67. The van der Waals surface area contributed by atoms with Crippen LogP contribution in [0.4, 0.5) is 4.39 Å². The van der Waals surface area contributed by atoms with Crippen molar-refractivity contribution < 1.29 is 19.0 Å². The Hall–Kier alpha value is -1.62. The molecule has 0 radical (unpaired) electrons. The van der Waals surface area contributed by atoms with Gasteiger partial charge in [0.15, 0.2) is 11.6 Å². The minimum absolute atomic E-state index is 0.0825. The molecule has 0 aliphatic heterocycles. The number of amides is 1. The van der Waals surface area contributed by atoms with E-state index in [4.69, 9.17) is 9.84 Å². The largest absolute Gasteiger partial charge is 0.494 e. The van der Waals surface area contributed by atoms with Crippen molar-refractivity contribution in [3.8, 4) is 5.75 Å². The molecule has 1 fully saturated rings. The van der Waals surface area contributed by atoms with E-state index in [2.05, 4.69) is 0 Å². The third kappa shape index (κ3) is 3.10. The zero-order valence-corrected chi connectivity index (χ0v) is 11.6. The van der Waals surface area contributed by atoms with Gasteiger partial charge in [-0.25, -0.2) is 4.39 Å². The van der Waals surface area contributed by atoms with E-state index in [0.29, 0.717) is 5.56 Å². The SMILES string of the molecule is COc1ccc(C(=O)N(CCO)C2CCCC2)cc1F. The summed E-state index contributed by atoms with van der Waals surface area (Å²) in [6.07, 6.45) is 4.09. The number of hydrogen-bond acceptors (Lipinski definition) is 3. The average molecular weight is 281 g/mol.